The van der Waals surface area contributed by atoms with E-state index < -0.39 is 10.9 Å². The third kappa shape index (κ3) is 3.73. The van der Waals surface area contributed by atoms with Gasteiger partial charge in [-0.3, -0.25) is 14.9 Å². The van der Waals surface area contributed by atoms with Crippen molar-refractivity contribution in [1.29, 1.82) is 0 Å². The first kappa shape index (κ1) is 18.7. The second-order valence-corrected chi connectivity index (χ2v) is 6.55. The van der Waals surface area contributed by atoms with Gasteiger partial charge in [-0.2, -0.15) is 0 Å². The monoisotopic (exact) mass is 388 g/mol. The molecule has 3 rings (SSSR count). The lowest BCUT2D eigenvalue weighted by atomic mass is 10.1. The number of halogens is 1. The van der Waals surface area contributed by atoms with Crippen molar-refractivity contribution in [2.45, 2.75) is 26.7 Å². The van der Waals surface area contributed by atoms with E-state index in [1.165, 1.54) is 18.2 Å². The SMILES string of the molecule is CCc1c(C)[nH]c2cc([N+](=O)[O-])c(Oc3ccc(CC(=O)O)cc3Cl)cc12. The van der Waals surface area contributed by atoms with Crippen LogP contribution in [0.2, 0.25) is 5.02 Å². The first-order valence-electron chi connectivity index (χ1n) is 8.27. The molecule has 0 aliphatic heterocycles. The molecule has 0 unspecified atom stereocenters. The minimum Gasteiger partial charge on any atom is -0.481 e. The molecule has 0 saturated carbocycles. The second kappa shape index (κ2) is 7.28. The Bertz CT molecular complexity index is 1060. The van der Waals surface area contributed by atoms with E-state index in [2.05, 4.69) is 4.98 Å². The highest BCUT2D eigenvalue weighted by Gasteiger charge is 2.21. The molecule has 2 N–H and O–H groups in total. The van der Waals surface area contributed by atoms with Crippen molar-refractivity contribution in [2.24, 2.45) is 0 Å². The Labute approximate surface area is 159 Å². The Balaban J connectivity index is 2.06. The lowest BCUT2D eigenvalue weighted by Crippen LogP contribution is -2.00. The summed E-state index contributed by atoms with van der Waals surface area (Å²) in [5.74, 6) is -0.677. The number of nitro benzene ring substituents is 1. The summed E-state index contributed by atoms with van der Waals surface area (Å²) in [5.41, 5.74) is 3.02. The molecule has 0 saturated heterocycles. The minimum atomic E-state index is -0.976. The van der Waals surface area contributed by atoms with Crippen molar-refractivity contribution in [1.82, 2.24) is 4.98 Å². The highest BCUT2D eigenvalue weighted by Crippen LogP contribution is 2.39. The highest BCUT2D eigenvalue weighted by atomic mass is 35.5. The van der Waals surface area contributed by atoms with Crippen LogP contribution >= 0.6 is 11.6 Å². The first-order chi connectivity index (χ1) is 12.8. The van der Waals surface area contributed by atoms with Crippen molar-refractivity contribution in [2.75, 3.05) is 0 Å². The highest BCUT2D eigenvalue weighted by molar-refractivity contribution is 6.32. The Morgan fingerprint density at radius 1 is 1.30 bits per heavy atom. The van der Waals surface area contributed by atoms with Gasteiger partial charge < -0.3 is 14.8 Å². The smallest absolute Gasteiger partial charge is 0.313 e. The van der Waals surface area contributed by atoms with Gasteiger partial charge in [0.05, 0.1) is 21.9 Å². The number of H-pyrrole nitrogens is 1. The molecule has 8 heteroatoms. The van der Waals surface area contributed by atoms with Gasteiger partial charge in [-0.25, -0.2) is 0 Å². The molecule has 0 bridgehead atoms. The van der Waals surface area contributed by atoms with Crippen LogP contribution in [0.1, 0.15) is 23.7 Å². The second-order valence-electron chi connectivity index (χ2n) is 6.14. The predicted octanol–water partition coefficient (Wildman–Crippen LogP) is 5.02. The van der Waals surface area contributed by atoms with Crippen molar-refractivity contribution in [3.05, 3.63) is 62.3 Å². The summed E-state index contributed by atoms with van der Waals surface area (Å²) < 4.78 is 5.74. The number of aromatic nitrogens is 1. The fourth-order valence-corrected chi connectivity index (χ4v) is 3.35. The number of rotatable bonds is 6. The topological polar surface area (TPSA) is 105 Å². The van der Waals surface area contributed by atoms with Gasteiger partial charge in [0, 0.05) is 17.1 Å². The predicted molar refractivity (Wildman–Crippen MR) is 102 cm³/mol. The van der Waals surface area contributed by atoms with E-state index in [0.29, 0.717) is 11.1 Å². The molecule has 27 heavy (non-hydrogen) atoms. The van der Waals surface area contributed by atoms with Crippen LogP contribution in [0.4, 0.5) is 5.69 Å². The van der Waals surface area contributed by atoms with Crippen molar-refractivity contribution >= 4 is 34.2 Å². The molecule has 0 aliphatic carbocycles. The van der Waals surface area contributed by atoms with E-state index >= 15 is 0 Å². The number of nitrogens with zero attached hydrogens (tertiary/aromatic N) is 1. The summed E-state index contributed by atoms with van der Waals surface area (Å²) in [6.45, 7) is 3.93. The molecule has 0 spiro atoms. The van der Waals surface area contributed by atoms with Crippen LogP contribution in [0, 0.1) is 17.0 Å². The number of hydrogen-bond acceptors (Lipinski definition) is 4. The van der Waals surface area contributed by atoms with E-state index in [0.717, 1.165) is 23.1 Å². The molecule has 0 aliphatic rings. The van der Waals surface area contributed by atoms with Crippen molar-refractivity contribution in [3.63, 3.8) is 0 Å². The van der Waals surface area contributed by atoms with Gasteiger partial charge in [0.25, 0.3) is 0 Å². The van der Waals surface area contributed by atoms with Crippen LogP contribution in [0.3, 0.4) is 0 Å². The number of nitro groups is 1. The molecular weight excluding hydrogens is 372 g/mol. The quantitative estimate of drug-likeness (QED) is 0.455. The van der Waals surface area contributed by atoms with Crippen LogP contribution in [0.15, 0.2) is 30.3 Å². The van der Waals surface area contributed by atoms with Gasteiger partial charge >= 0.3 is 11.7 Å². The normalized spacial score (nSPS) is 10.9. The lowest BCUT2D eigenvalue weighted by Gasteiger charge is -2.10. The molecular formula is C19H17ClN2O5. The molecule has 1 aromatic heterocycles. The summed E-state index contributed by atoms with van der Waals surface area (Å²) in [5, 5.41) is 21.4. The molecule has 2 aromatic carbocycles. The van der Waals surface area contributed by atoms with Crippen LogP contribution in [0.5, 0.6) is 11.5 Å². The molecule has 0 atom stereocenters. The maximum absolute atomic E-state index is 11.5. The standard InChI is InChI=1S/C19H17ClN2O5/c1-3-12-10(2)21-15-9-16(22(25)26)18(8-13(12)15)27-17-5-4-11(6-14(17)20)7-19(23)24/h4-6,8-9,21H,3,7H2,1-2H3,(H,23,24). The number of fused-ring (bicyclic) bond motifs is 1. The maximum atomic E-state index is 11.5. The summed E-state index contributed by atoms with van der Waals surface area (Å²) in [6.07, 6.45) is 0.600. The zero-order chi connectivity index (χ0) is 19.7. The van der Waals surface area contributed by atoms with E-state index in [-0.39, 0.29) is 28.6 Å². The molecule has 3 aromatic rings. The van der Waals surface area contributed by atoms with E-state index in [9.17, 15) is 14.9 Å². The number of nitrogens with one attached hydrogen (secondary N) is 1. The number of benzene rings is 2. The van der Waals surface area contributed by atoms with E-state index in [1.54, 1.807) is 12.1 Å². The van der Waals surface area contributed by atoms with Gasteiger partial charge in [0.1, 0.15) is 5.75 Å². The van der Waals surface area contributed by atoms with Crippen LogP contribution in [-0.4, -0.2) is 21.0 Å². The third-order valence-electron chi connectivity index (χ3n) is 4.32. The van der Waals surface area contributed by atoms with Crippen LogP contribution in [0.25, 0.3) is 10.9 Å². The summed E-state index contributed by atoms with van der Waals surface area (Å²) in [7, 11) is 0. The Morgan fingerprint density at radius 3 is 2.63 bits per heavy atom. The largest absolute Gasteiger partial charge is 0.481 e. The van der Waals surface area contributed by atoms with Gasteiger partial charge in [-0.05, 0) is 42.7 Å². The fourth-order valence-electron chi connectivity index (χ4n) is 3.11. The van der Waals surface area contributed by atoms with Gasteiger partial charge in [0.2, 0.25) is 5.75 Å². The summed E-state index contributed by atoms with van der Waals surface area (Å²) >= 11 is 6.18. The number of ether oxygens (including phenoxy) is 1. The maximum Gasteiger partial charge on any atom is 0.313 e. The molecule has 140 valence electrons. The Morgan fingerprint density at radius 2 is 2.04 bits per heavy atom. The summed E-state index contributed by atoms with van der Waals surface area (Å²) in [6, 6.07) is 7.64. The van der Waals surface area contributed by atoms with Crippen LogP contribution in [-0.2, 0) is 17.6 Å². The number of carboxylic acids is 1. The number of carbonyl (C=O) groups is 1. The van der Waals surface area contributed by atoms with Crippen molar-refractivity contribution in [3.8, 4) is 11.5 Å². The van der Waals surface area contributed by atoms with Gasteiger partial charge in [-0.15, -0.1) is 0 Å². The molecule has 0 radical (unpaired) electrons. The first-order valence-corrected chi connectivity index (χ1v) is 8.65. The lowest BCUT2D eigenvalue weighted by molar-refractivity contribution is -0.385. The molecule has 0 fully saturated rings. The Kier molecular flexibility index (Phi) is 5.05. The van der Waals surface area contributed by atoms with Gasteiger partial charge in [-0.1, -0.05) is 24.6 Å². The van der Waals surface area contributed by atoms with Crippen LogP contribution < -0.4 is 4.74 Å². The molecule has 0 amide bonds. The zero-order valence-corrected chi connectivity index (χ0v) is 15.5. The third-order valence-corrected chi connectivity index (χ3v) is 4.62. The average Bonchev–Trinajstić information content (AvgIpc) is 2.90. The van der Waals surface area contributed by atoms with E-state index in [4.69, 9.17) is 21.4 Å². The number of aryl methyl sites for hydroxylation is 2. The Hall–Kier alpha value is -3.06. The number of aromatic amines is 1. The number of aliphatic carboxylic acids is 1. The number of hydrogen-bond donors (Lipinski definition) is 2. The van der Waals surface area contributed by atoms with E-state index in [1.807, 2.05) is 13.8 Å². The fraction of sp³-hybridized carbons (Fsp3) is 0.211. The van der Waals surface area contributed by atoms with Gasteiger partial charge in [0.15, 0.2) is 0 Å². The average molecular weight is 389 g/mol. The zero-order valence-electron chi connectivity index (χ0n) is 14.7. The minimum absolute atomic E-state index is 0.0779. The molecule has 7 nitrogen and oxygen atoms in total. The summed E-state index contributed by atoms with van der Waals surface area (Å²) in [4.78, 5) is 24.9. The number of carboxylic acid groups (broad SMARTS) is 1. The molecule has 1 heterocycles. The van der Waals surface area contributed by atoms with Crippen molar-refractivity contribution < 1.29 is 19.6 Å².